The molecule has 1 saturated heterocycles. The van der Waals surface area contributed by atoms with Crippen LogP contribution in [0.1, 0.15) is 5.76 Å². The van der Waals surface area contributed by atoms with Crippen LogP contribution in [-0.4, -0.2) is 11.1 Å². The van der Waals surface area contributed by atoms with Gasteiger partial charge in [-0.1, -0.05) is 18.2 Å². The highest BCUT2D eigenvalue weighted by Crippen LogP contribution is 2.36. The van der Waals surface area contributed by atoms with E-state index in [4.69, 9.17) is 4.42 Å². The lowest BCUT2D eigenvalue weighted by molar-refractivity contribution is -0.113. The first-order valence-electron chi connectivity index (χ1n) is 7.80. The molecule has 1 aliphatic rings. The summed E-state index contributed by atoms with van der Waals surface area (Å²) in [6.45, 7) is 0. The Morgan fingerprint density at radius 1 is 0.923 bits per heavy atom. The molecule has 0 spiro atoms. The molecular weight excluding hydrogens is 353 g/mol. The molecular formula is C20H12FNO3S. The smallest absolute Gasteiger partial charge is 0.298 e. The number of imide groups is 1. The third kappa shape index (κ3) is 3.07. The number of carbonyl (C=O) groups is 2. The maximum atomic E-state index is 13.0. The van der Waals surface area contributed by atoms with Gasteiger partial charge in [-0.3, -0.25) is 9.59 Å². The summed E-state index contributed by atoms with van der Waals surface area (Å²) in [6.07, 6.45) is 1.54. The number of anilines is 1. The van der Waals surface area contributed by atoms with Gasteiger partial charge in [0.15, 0.2) is 0 Å². The van der Waals surface area contributed by atoms with Crippen molar-refractivity contribution in [3.8, 4) is 11.3 Å². The predicted molar refractivity (Wildman–Crippen MR) is 99.0 cm³/mol. The van der Waals surface area contributed by atoms with Gasteiger partial charge in [-0.05, 0) is 60.3 Å². The number of carbonyl (C=O) groups excluding carboxylic acids is 2. The summed E-state index contributed by atoms with van der Waals surface area (Å²) in [5.74, 6) is 0.294. The summed E-state index contributed by atoms with van der Waals surface area (Å²) in [4.78, 5) is 26.2. The molecule has 1 aliphatic heterocycles. The second-order valence-corrected chi connectivity index (χ2v) is 6.55. The molecule has 0 atom stereocenters. The number of rotatable bonds is 3. The van der Waals surface area contributed by atoms with Crippen molar-refractivity contribution in [2.24, 2.45) is 0 Å². The largest absolute Gasteiger partial charge is 0.457 e. The minimum Gasteiger partial charge on any atom is -0.457 e. The second kappa shape index (κ2) is 6.65. The van der Waals surface area contributed by atoms with E-state index in [1.165, 1.54) is 12.1 Å². The predicted octanol–water partition coefficient (Wildman–Crippen LogP) is 5.33. The Morgan fingerprint density at radius 2 is 1.65 bits per heavy atom. The number of thioether (sulfide) groups is 1. The van der Waals surface area contributed by atoms with E-state index in [2.05, 4.69) is 0 Å². The van der Waals surface area contributed by atoms with Crippen LogP contribution in [0.15, 0.2) is 76.1 Å². The zero-order valence-electron chi connectivity index (χ0n) is 13.4. The fraction of sp³-hybridized carbons (Fsp3) is 0. The number of amides is 2. The molecule has 0 aliphatic carbocycles. The van der Waals surface area contributed by atoms with E-state index in [1.807, 2.05) is 6.07 Å². The molecule has 0 saturated carbocycles. The molecule has 1 aromatic heterocycles. The molecule has 128 valence electrons. The lowest BCUT2D eigenvalue weighted by atomic mass is 10.2. The van der Waals surface area contributed by atoms with Crippen molar-refractivity contribution in [3.63, 3.8) is 0 Å². The van der Waals surface area contributed by atoms with Crippen LogP contribution in [0.3, 0.4) is 0 Å². The van der Waals surface area contributed by atoms with E-state index < -0.39 is 0 Å². The summed E-state index contributed by atoms with van der Waals surface area (Å²) >= 11 is 0.867. The number of nitrogens with zero attached hydrogens (tertiary/aromatic N) is 1. The van der Waals surface area contributed by atoms with Crippen LogP contribution in [0.5, 0.6) is 0 Å². The Morgan fingerprint density at radius 3 is 2.38 bits per heavy atom. The maximum absolute atomic E-state index is 13.0. The zero-order valence-corrected chi connectivity index (χ0v) is 14.2. The molecule has 4 rings (SSSR count). The van der Waals surface area contributed by atoms with E-state index in [1.54, 1.807) is 54.6 Å². The van der Waals surface area contributed by atoms with Gasteiger partial charge < -0.3 is 4.42 Å². The van der Waals surface area contributed by atoms with E-state index in [-0.39, 0.29) is 17.0 Å². The van der Waals surface area contributed by atoms with Crippen LogP contribution in [0.25, 0.3) is 17.4 Å². The third-order valence-electron chi connectivity index (χ3n) is 3.84. The van der Waals surface area contributed by atoms with Gasteiger partial charge in [-0.25, -0.2) is 9.29 Å². The van der Waals surface area contributed by atoms with Crippen LogP contribution in [-0.2, 0) is 4.79 Å². The molecule has 0 unspecified atom stereocenters. The van der Waals surface area contributed by atoms with Crippen molar-refractivity contribution in [2.45, 2.75) is 0 Å². The standard InChI is InChI=1S/C20H12FNO3S/c21-14-8-6-13(7-9-14)17-11-10-16(25-17)12-18-19(23)22(20(24)26-18)15-4-2-1-3-5-15/h1-12H/b18-12+. The van der Waals surface area contributed by atoms with Crippen molar-refractivity contribution < 1.29 is 18.4 Å². The van der Waals surface area contributed by atoms with Gasteiger partial charge in [-0.2, -0.15) is 0 Å². The van der Waals surface area contributed by atoms with Gasteiger partial charge in [0, 0.05) is 11.6 Å². The Bertz CT molecular complexity index is 1010. The first kappa shape index (κ1) is 16.4. The minimum atomic E-state index is -0.383. The van der Waals surface area contributed by atoms with Crippen molar-refractivity contribution in [3.05, 3.63) is 83.2 Å². The van der Waals surface area contributed by atoms with Gasteiger partial charge in [0.05, 0.1) is 10.6 Å². The molecule has 4 nitrogen and oxygen atoms in total. The molecule has 1 fully saturated rings. The summed E-state index contributed by atoms with van der Waals surface area (Å²) in [5, 5.41) is -0.349. The Kier molecular flexibility index (Phi) is 4.18. The lowest BCUT2D eigenvalue weighted by Gasteiger charge is -2.11. The van der Waals surface area contributed by atoms with Crippen molar-refractivity contribution >= 4 is 34.7 Å². The van der Waals surface area contributed by atoms with E-state index in [0.29, 0.717) is 22.1 Å². The number of hydrogen-bond acceptors (Lipinski definition) is 4. The van der Waals surface area contributed by atoms with Crippen molar-refractivity contribution in [2.75, 3.05) is 4.90 Å². The number of para-hydroxylation sites is 1. The third-order valence-corrected chi connectivity index (χ3v) is 4.71. The molecule has 6 heteroatoms. The molecule has 2 aromatic carbocycles. The average molecular weight is 365 g/mol. The lowest BCUT2D eigenvalue weighted by Crippen LogP contribution is -2.27. The molecule has 2 heterocycles. The van der Waals surface area contributed by atoms with Gasteiger partial charge >= 0.3 is 0 Å². The summed E-state index contributed by atoms with van der Waals surface area (Å²) in [6, 6.07) is 18.1. The topological polar surface area (TPSA) is 50.5 Å². The normalized spacial score (nSPS) is 15.9. The Hall–Kier alpha value is -3.12. The van der Waals surface area contributed by atoms with Gasteiger partial charge in [0.1, 0.15) is 17.3 Å². The fourth-order valence-electron chi connectivity index (χ4n) is 2.60. The summed E-state index contributed by atoms with van der Waals surface area (Å²) in [7, 11) is 0. The van der Waals surface area contributed by atoms with Gasteiger partial charge in [-0.15, -0.1) is 0 Å². The highest BCUT2D eigenvalue weighted by molar-refractivity contribution is 8.19. The van der Waals surface area contributed by atoms with Gasteiger partial charge in [0.2, 0.25) is 0 Å². The quantitative estimate of drug-likeness (QED) is 0.589. The number of benzene rings is 2. The highest BCUT2D eigenvalue weighted by atomic mass is 32.2. The number of furan rings is 1. The highest BCUT2D eigenvalue weighted by Gasteiger charge is 2.36. The SMILES string of the molecule is O=C1S/C(=C/c2ccc(-c3ccc(F)cc3)o2)C(=O)N1c1ccccc1. The minimum absolute atomic E-state index is 0.291. The van der Waals surface area contributed by atoms with E-state index in [0.717, 1.165) is 22.2 Å². The average Bonchev–Trinajstić information content (AvgIpc) is 3.21. The number of hydrogen-bond donors (Lipinski definition) is 0. The maximum Gasteiger partial charge on any atom is 0.298 e. The van der Waals surface area contributed by atoms with Crippen LogP contribution in [0, 0.1) is 5.82 Å². The first-order valence-corrected chi connectivity index (χ1v) is 8.62. The fourth-order valence-corrected chi connectivity index (χ4v) is 3.42. The number of halogens is 1. The molecule has 26 heavy (non-hydrogen) atoms. The monoisotopic (exact) mass is 365 g/mol. The van der Waals surface area contributed by atoms with E-state index in [9.17, 15) is 14.0 Å². The van der Waals surface area contributed by atoms with Crippen molar-refractivity contribution in [1.29, 1.82) is 0 Å². The van der Waals surface area contributed by atoms with Gasteiger partial charge in [0.25, 0.3) is 11.1 Å². The first-order chi connectivity index (χ1) is 12.6. The molecule has 0 bridgehead atoms. The summed E-state index contributed by atoms with van der Waals surface area (Å²) < 4.78 is 18.7. The van der Waals surface area contributed by atoms with Crippen LogP contribution in [0.2, 0.25) is 0 Å². The molecule has 3 aromatic rings. The summed E-state index contributed by atoms with van der Waals surface area (Å²) in [5.41, 5.74) is 1.26. The van der Waals surface area contributed by atoms with E-state index >= 15 is 0 Å². The Balaban J connectivity index is 1.60. The zero-order chi connectivity index (χ0) is 18.1. The Labute approximate surface area is 152 Å². The molecule has 0 radical (unpaired) electrons. The van der Waals surface area contributed by atoms with Crippen LogP contribution < -0.4 is 4.90 Å². The van der Waals surface area contributed by atoms with Crippen LogP contribution in [0.4, 0.5) is 14.9 Å². The van der Waals surface area contributed by atoms with Crippen LogP contribution >= 0.6 is 11.8 Å². The second-order valence-electron chi connectivity index (χ2n) is 5.56. The molecule has 0 N–H and O–H groups in total. The van der Waals surface area contributed by atoms with Crippen molar-refractivity contribution in [1.82, 2.24) is 0 Å². The molecule has 2 amide bonds.